The molecule has 1 N–H and O–H groups in total. The number of nitrogens with one attached hydrogen (secondary N) is 1. The molecular weight excluding hydrogens is 342 g/mol. The summed E-state index contributed by atoms with van der Waals surface area (Å²) >= 11 is 1.26. The fourth-order valence-corrected chi connectivity index (χ4v) is 3.55. The molecule has 7 nitrogen and oxygen atoms in total. The largest absolute Gasteiger partial charge is 0.484 e. The fraction of sp³-hybridized carbons (Fsp3) is 0.412. The van der Waals surface area contributed by atoms with Crippen molar-refractivity contribution in [3.63, 3.8) is 0 Å². The van der Waals surface area contributed by atoms with Gasteiger partial charge in [-0.2, -0.15) is 4.99 Å². The van der Waals surface area contributed by atoms with Gasteiger partial charge in [-0.25, -0.2) is 0 Å². The number of aliphatic imine (C=N–C) groups is 1. The first-order valence-corrected chi connectivity index (χ1v) is 9.07. The number of benzene rings is 1. The second-order valence-corrected chi connectivity index (χ2v) is 6.94. The third-order valence-corrected chi connectivity index (χ3v) is 5.19. The average Bonchev–Trinajstić information content (AvgIpc) is 3.18. The van der Waals surface area contributed by atoms with Gasteiger partial charge in [0.2, 0.25) is 5.91 Å². The van der Waals surface area contributed by atoms with E-state index in [2.05, 4.69) is 10.3 Å². The fourth-order valence-electron chi connectivity index (χ4n) is 2.65. The van der Waals surface area contributed by atoms with Crippen LogP contribution in [-0.4, -0.2) is 41.3 Å². The summed E-state index contributed by atoms with van der Waals surface area (Å²) < 4.78 is 5.44. The number of ether oxygens (including phenoxy) is 1. The molecule has 1 fully saturated rings. The Morgan fingerprint density at radius 3 is 2.72 bits per heavy atom. The van der Waals surface area contributed by atoms with Gasteiger partial charge in [-0.15, -0.1) is 0 Å². The van der Waals surface area contributed by atoms with E-state index in [0.717, 1.165) is 18.7 Å². The summed E-state index contributed by atoms with van der Waals surface area (Å²) in [5.41, 5.74) is 0.833. The highest BCUT2D eigenvalue weighted by Crippen LogP contribution is 2.24. The van der Waals surface area contributed by atoms with Crippen LogP contribution < -0.4 is 15.0 Å². The zero-order valence-corrected chi connectivity index (χ0v) is 14.7. The van der Waals surface area contributed by atoms with E-state index >= 15 is 0 Å². The van der Waals surface area contributed by atoms with Crippen LogP contribution in [0.4, 0.5) is 5.69 Å². The zero-order chi connectivity index (χ0) is 17.8. The van der Waals surface area contributed by atoms with Crippen LogP contribution in [0.3, 0.4) is 0 Å². The first-order valence-electron chi connectivity index (χ1n) is 8.19. The summed E-state index contributed by atoms with van der Waals surface area (Å²) in [6.07, 6.45) is 2.14. The molecule has 25 heavy (non-hydrogen) atoms. The molecule has 0 bridgehead atoms. The van der Waals surface area contributed by atoms with Gasteiger partial charge in [0.15, 0.2) is 11.8 Å². The number of hydrogen-bond donors (Lipinski definition) is 1. The van der Waals surface area contributed by atoms with E-state index in [1.54, 1.807) is 29.2 Å². The monoisotopic (exact) mass is 361 g/mol. The van der Waals surface area contributed by atoms with Crippen LogP contribution in [0.25, 0.3) is 0 Å². The van der Waals surface area contributed by atoms with Gasteiger partial charge < -0.3 is 15.0 Å². The van der Waals surface area contributed by atoms with E-state index in [1.165, 1.54) is 11.8 Å². The number of anilines is 1. The first-order chi connectivity index (χ1) is 12.1. The van der Waals surface area contributed by atoms with Gasteiger partial charge in [-0.3, -0.25) is 14.4 Å². The number of carbonyl (C=O) groups excluding carboxylic acids is 3. The van der Waals surface area contributed by atoms with Crippen LogP contribution in [-0.2, 0) is 14.4 Å². The van der Waals surface area contributed by atoms with Crippen LogP contribution >= 0.6 is 11.8 Å². The van der Waals surface area contributed by atoms with Crippen molar-refractivity contribution in [2.75, 3.05) is 18.1 Å². The maximum absolute atomic E-state index is 11.9. The first kappa shape index (κ1) is 17.5. The van der Waals surface area contributed by atoms with Gasteiger partial charge in [-0.05, 0) is 37.1 Å². The third kappa shape index (κ3) is 4.19. The molecule has 0 saturated carbocycles. The topological polar surface area (TPSA) is 88.1 Å². The van der Waals surface area contributed by atoms with Crippen molar-refractivity contribution in [2.45, 2.75) is 31.4 Å². The van der Waals surface area contributed by atoms with Gasteiger partial charge in [0.05, 0.1) is 5.25 Å². The van der Waals surface area contributed by atoms with Crippen molar-refractivity contribution in [1.29, 1.82) is 0 Å². The summed E-state index contributed by atoms with van der Waals surface area (Å²) in [5, 5.41) is 2.70. The molecular formula is C17H19N3O4S. The Labute approximate surface area is 149 Å². The molecule has 1 unspecified atom stereocenters. The van der Waals surface area contributed by atoms with Crippen LogP contribution in [0.2, 0.25) is 0 Å². The van der Waals surface area contributed by atoms with Crippen molar-refractivity contribution >= 4 is 40.3 Å². The van der Waals surface area contributed by atoms with Gasteiger partial charge in [0.1, 0.15) is 5.75 Å². The molecule has 3 amide bonds. The normalized spacial score (nSPS) is 20.0. The SMILES string of the molecule is CCC1SC(NC(=O)COc2ccc(N3CCCC3=O)cc2)=NC1=O. The summed E-state index contributed by atoms with van der Waals surface area (Å²) in [5.74, 6) is 0.0854. The van der Waals surface area contributed by atoms with Gasteiger partial charge >= 0.3 is 0 Å². The lowest BCUT2D eigenvalue weighted by atomic mass is 10.3. The van der Waals surface area contributed by atoms with E-state index in [1.807, 2.05) is 6.92 Å². The van der Waals surface area contributed by atoms with E-state index < -0.39 is 0 Å². The summed E-state index contributed by atoms with van der Waals surface area (Å²) in [4.78, 5) is 40.7. The van der Waals surface area contributed by atoms with E-state index in [-0.39, 0.29) is 29.6 Å². The number of amidine groups is 1. The Bertz CT molecular complexity index is 717. The lowest BCUT2D eigenvalue weighted by Crippen LogP contribution is -2.32. The molecule has 2 aliphatic rings. The van der Waals surface area contributed by atoms with Crippen molar-refractivity contribution in [1.82, 2.24) is 5.32 Å². The zero-order valence-electron chi connectivity index (χ0n) is 13.9. The molecule has 0 spiro atoms. The van der Waals surface area contributed by atoms with E-state index in [4.69, 9.17) is 4.74 Å². The van der Waals surface area contributed by atoms with Crippen molar-refractivity contribution in [3.05, 3.63) is 24.3 Å². The Morgan fingerprint density at radius 1 is 1.36 bits per heavy atom. The molecule has 2 aliphatic heterocycles. The second kappa shape index (κ2) is 7.69. The highest BCUT2D eigenvalue weighted by atomic mass is 32.2. The molecule has 3 rings (SSSR count). The van der Waals surface area contributed by atoms with Gasteiger partial charge in [-0.1, -0.05) is 18.7 Å². The maximum atomic E-state index is 11.9. The lowest BCUT2D eigenvalue weighted by Gasteiger charge is -2.16. The molecule has 0 radical (unpaired) electrons. The minimum Gasteiger partial charge on any atom is -0.484 e. The summed E-state index contributed by atoms with van der Waals surface area (Å²) in [6, 6.07) is 7.06. The van der Waals surface area contributed by atoms with Crippen LogP contribution in [0.15, 0.2) is 29.3 Å². The highest BCUT2D eigenvalue weighted by Gasteiger charge is 2.27. The number of thioether (sulfide) groups is 1. The molecule has 1 aromatic rings. The van der Waals surface area contributed by atoms with Crippen LogP contribution in [0.1, 0.15) is 26.2 Å². The predicted octanol–water partition coefficient (Wildman–Crippen LogP) is 1.72. The number of hydrogen-bond acceptors (Lipinski definition) is 5. The number of nitrogens with zero attached hydrogens (tertiary/aromatic N) is 2. The highest BCUT2D eigenvalue weighted by molar-refractivity contribution is 8.15. The molecule has 1 aromatic carbocycles. The number of carbonyl (C=O) groups is 3. The van der Waals surface area contributed by atoms with Crippen LogP contribution in [0.5, 0.6) is 5.75 Å². The molecule has 2 heterocycles. The Hall–Kier alpha value is -2.35. The minimum absolute atomic E-state index is 0.128. The average molecular weight is 361 g/mol. The Balaban J connectivity index is 1.48. The maximum Gasteiger partial charge on any atom is 0.263 e. The number of amides is 3. The minimum atomic E-state index is -0.366. The Kier molecular flexibility index (Phi) is 5.37. The third-order valence-electron chi connectivity index (χ3n) is 3.95. The van der Waals surface area contributed by atoms with Crippen LogP contribution in [0, 0.1) is 0 Å². The molecule has 8 heteroatoms. The van der Waals surface area contributed by atoms with Crippen molar-refractivity contribution in [3.8, 4) is 5.75 Å². The molecule has 0 aromatic heterocycles. The lowest BCUT2D eigenvalue weighted by molar-refractivity contribution is -0.121. The summed E-state index contributed by atoms with van der Waals surface area (Å²) in [7, 11) is 0. The van der Waals surface area contributed by atoms with Gasteiger partial charge in [0, 0.05) is 18.7 Å². The second-order valence-electron chi connectivity index (χ2n) is 5.75. The van der Waals surface area contributed by atoms with Crippen molar-refractivity contribution < 1.29 is 19.1 Å². The summed E-state index contributed by atoms with van der Waals surface area (Å²) in [6.45, 7) is 2.46. The Morgan fingerprint density at radius 2 is 2.12 bits per heavy atom. The quantitative estimate of drug-likeness (QED) is 0.863. The molecule has 1 atom stereocenters. The number of rotatable bonds is 5. The van der Waals surface area contributed by atoms with Gasteiger partial charge in [0.25, 0.3) is 11.8 Å². The van der Waals surface area contributed by atoms with E-state index in [0.29, 0.717) is 23.8 Å². The van der Waals surface area contributed by atoms with Crippen molar-refractivity contribution in [2.24, 2.45) is 4.99 Å². The smallest absolute Gasteiger partial charge is 0.263 e. The van der Waals surface area contributed by atoms with E-state index in [9.17, 15) is 14.4 Å². The molecule has 132 valence electrons. The predicted molar refractivity (Wildman–Crippen MR) is 95.8 cm³/mol. The molecule has 0 aliphatic carbocycles. The molecule has 1 saturated heterocycles. The standard InChI is InChI=1S/C17H19N3O4S/c1-2-13-16(23)19-17(25-13)18-14(21)10-24-12-7-5-11(6-8-12)20-9-3-4-15(20)22/h5-8,13H,2-4,9-10H2,1H3,(H,18,19,21,23).